The molecule has 1 rings (SSSR count). The van der Waals surface area contributed by atoms with Crippen LogP contribution >= 0.6 is 0 Å². The van der Waals surface area contributed by atoms with Crippen molar-refractivity contribution in [1.29, 1.82) is 0 Å². The highest BCUT2D eigenvalue weighted by molar-refractivity contribution is 7.90. The molecule has 0 amide bonds. The maximum Gasteiger partial charge on any atom is 0.188 e. The Hall–Kier alpha value is -0.720. The standard InChI is InChI=1S/C8H10O4S2/c1-12-13(9)7-4-3-5-8(6-7)14(2,10)11/h3-6H,1-2H3. The van der Waals surface area contributed by atoms with Gasteiger partial charge in [-0.15, -0.1) is 0 Å². The first-order chi connectivity index (χ1) is 6.45. The zero-order chi connectivity index (χ0) is 10.8. The molecule has 1 aromatic carbocycles. The Morgan fingerprint density at radius 3 is 2.50 bits per heavy atom. The van der Waals surface area contributed by atoms with E-state index in [1.807, 2.05) is 0 Å². The molecule has 1 unspecified atom stereocenters. The Bertz CT molecular complexity index is 450. The molecule has 0 fully saturated rings. The van der Waals surface area contributed by atoms with Gasteiger partial charge in [0.15, 0.2) is 20.9 Å². The molecule has 6 heteroatoms. The Balaban J connectivity index is 3.21. The van der Waals surface area contributed by atoms with Gasteiger partial charge in [-0.2, -0.15) is 0 Å². The first kappa shape index (κ1) is 11.4. The zero-order valence-electron chi connectivity index (χ0n) is 7.76. The van der Waals surface area contributed by atoms with Crippen molar-refractivity contribution in [1.82, 2.24) is 0 Å². The number of sulfone groups is 1. The fourth-order valence-electron chi connectivity index (χ4n) is 0.905. The molecular formula is C8H10O4S2. The van der Waals surface area contributed by atoms with Gasteiger partial charge in [-0.05, 0) is 18.2 Å². The van der Waals surface area contributed by atoms with Gasteiger partial charge >= 0.3 is 0 Å². The summed E-state index contributed by atoms with van der Waals surface area (Å²) in [5.74, 6) is 0. The van der Waals surface area contributed by atoms with E-state index in [4.69, 9.17) is 0 Å². The minimum absolute atomic E-state index is 0.139. The normalized spacial score (nSPS) is 13.9. The molecule has 78 valence electrons. The van der Waals surface area contributed by atoms with Crippen LogP contribution in [0.4, 0.5) is 0 Å². The molecular weight excluding hydrogens is 224 g/mol. The third-order valence-electron chi connectivity index (χ3n) is 1.58. The minimum atomic E-state index is -3.26. The van der Waals surface area contributed by atoms with E-state index >= 15 is 0 Å². The molecule has 0 saturated heterocycles. The highest BCUT2D eigenvalue weighted by Gasteiger charge is 2.09. The summed E-state index contributed by atoms with van der Waals surface area (Å²) in [6, 6.07) is 5.87. The molecule has 0 heterocycles. The first-order valence-electron chi connectivity index (χ1n) is 3.71. The van der Waals surface area contributed by atoms with Crippen LogP contribution in [0.3, 0.4) is 0 Å². The van der Waals surface area contributed by atoms with Gasteiger partial charge in [-0.1, -0.05) is 6.07 Å². The Morgan fingerprint density at radius 2 is 2.00 bits per heavy atom. The van der Waals surface area contributed by atoms with Gasteiger partial charge in [-0.3, -0.25) is 4.18 Å². The van der Waals surface area contributed by atoms with Gasteiger partial charge in [0.2, 0.25) is 0 Å². The van der Waals surface area contributed by atoms with Crippen molar-refractivity contribution in [2.24, 2.45) is 0 Å². The van der Waals surface area contributed by atoms with Gasteiger partial charge in [0.05, 0.1) is 16.9 Å². The van der Waals surface area contributed by atoms with Crippen LogP contribution in [0.2, 0.25) is 0 Å². The van der Waals surface area contributed by atoms with E-state index in [9.17, 15) is 12.6 Å². The van der Waals surface area contributed by atoms with E-state index < -0.39 is 20.9 Å². The molecule has 0 N–H and O–H groups in total. The van der Waals surface area contributed by atoms with Gasteiger partial charge < -0.3 is 0 Å². The minimum Gasteiger partial charge on any atom is -0.290 e. The number of benzene rings is 1. The summed E-state index contributed by atoms with van der Waals surface area (Å²) in [4.78, 5) is 0.482. The number of hydrogen-bond donors (Lipinski definition) is 0. The molecule has 0 spiro atoms. The lowest BCUT2D eigenvalue weighted by atomic mass is 10.4. The molecule has 1 atom stereocenters. The smallest absolute Gasteiger partial charge is 0.188 e. The van der Waals surface area contributed by atoms with Gasteiger partial charge in [0, 0.05) is 6.26 Å². The summed E-state index contributed by atoms with van der Waals surface area (Å²) in [6.07, 6.45) is 1.10. The van der Waals surface area contributed by atoms with E-state index in [-0.39, 0.29) is 4.90 Å². The second kappa shape index (κ2) is 4.20. The van der Waals surface area contributed by atoms with Crippen molar-refractivity contribution in [2.45, 2.75) is 9.79 Å². The fraction of sp³-hybridized carbons (Fsp3) is 0.250. The molecule has 0 aliphatic heterocycles. The van der Waals surface area contributed by atoms with Gasteiger partial charge in [0.1, 0.15) is 0 Å². The van der Waals surface area contributed by atoms with Crippen LogP contribution in [0.25, 0.3) is 0 Å². The summed E-state index contributed by atoms with van der Waals surface area (Å²) in [6.45, 7) is 0. The molecule has 0 bridgehead atoms. The largest absolute Gasteiger partial charge is 0.290 e. The lowest BCUT2D eigenvalue weighted by molar-refractivity contribution is 0.445. The second-order valence-electron chi connectivity index (χ2n) is 2.65. The molecule has 0 aliphatic carbocycles. The van der Waals surface area contributed by atoms with Crippen LogP contribution in [0.1, 0.15) is 0 Å². The SMILES string of the molecule is COS(=O)c1cccc(S(C)(=O)=O)c1. The molecule has 0 radical (unpaired) electrons. The summed E-state index contributed by atoms with van der Waals surface area (Å²) < 4.78 is 38.1. The average molecular weight is 234 g/mol. The highest BCUT2D eigenvalue weighted by atomic mass is 32.2. The topological polar surface area (TPSA) is 60.4 Å². The van der Waals surface area contributed by atoms with Crippen molar-refractivity contribution in [3.8, 4) is 0 Å². The van der Waals surface area contributed by atoms with Crippen LogP contribution in [0.15, 0.2) is 34.1 Å². The van der Waals surface area contributed by atoms with E-state index in [1.165, 1.54) is 25.3 Å². The zero-order valence-corrected chi connectivity index (χ0v) is 9.39. The number of rotatable bonds is 3. The van der Waals surface area contributed by atoms with Crippen molar-refractivity contribution in [3.05, 3.63) is 24.3 Å². The Labute approximate surface area is 85.5 Å². The van der Waals surface area contributed by atoms with Crippen LogP contribution in [0, 0.1) is 0 Å². The highest BCUT2D eigenvalue weighted by Crippen LogP contribution is 2.14. The fourth-order valence-corrected chi connectivity index (χ4v) is 2.25. The first-order valence-corrected chi connectivity index (χ1v) is 6.68. The predicted octanol–water partition coefficient (Wildman–Crippen LogP) is 0.759. The summed E-state index contributed by atoms with van der Waals surface area (Å²) >= 11 is -1.60. The van der Waals surface area contributed by atoms with Crippen LogP contribution in [0.5, 0.6) is 0 Å². The maximum atomic E-state index is 11.2. The summed E-state index contributed by atoms with van der Waals surface area (Å²) in [5, 5.41) is 0. The van der Waals surface area contributed by atoms with E-state index in [2.05, 4.69) is 4.18 Å². The Morgan fingerprint density at radius 1 is 1.36 bits per heavy atom. The number of hydrogen-bond acceptors (Lipinski definition) is 4. The van der Waals surface area contributed by atoms with Crippen LogP contribution < -0.4 is 0 Å². The average Bonchev–Trinajstić information content (AvgIpc) is 2.15. The van der Waals surface area contributed by atoms with Crippen molar-refractivity contribution in [2.75, 3.05) is 13.4 Å². The van der Waals surface area contributed by atoms with E-state index in [0.29, 0.717) is 4.90 Å². The van der Waals surface area contributed by atoms with Crippen molar-refractivity contribution < 1.29 is 16.8 Å². The quantitative estimate of drug-likeness (QED) is 0.774. The van der Waals surface area contributed by atoms with Crippen molar-refractivity contribution >= 4 is 20.9 Å². The van der Waals surface area contributed by atoms with Gasteiger partial charge in [0.25, 0.3) is 0 Å². The molecule has 0 aromatic heterocycles. The van der Waals surface area contributed by atoms with E-state index in [0.717, 1.165) is 6.26 Å². The third-order valence-corrected chi connectivity index (χ3v) is 3.63. The summed E-state index contributed by atoms with van der Waals surface area (Å²) in [5.41, 5.74) is 0. The molecule has 0 aliphatic rings. The lowest BCUT2D eigenvalue weighted by Crippen LogP contribution is -1.99. The molecule has 1 aromatic rings. The Kier molecular flexibility index (Phi) is 3.41. The van der Waals surface area contributed by atoms with Crippen molar-refractivity contribution in [3.63, 3.8) is 0 Å². The molecule has 0 saturated carbocycles. The molecule has 4 nitrogen and oxygen atoms in total. The lowest BCUT2D eigenvalue weighted by Gasteiger charge is -2.01. The monoisotopic (exact) mass is 234 g/mol. The molecule has 14 heavy (non-hydrogen) atoms. The predicted molar refractivity (Wildman–Crippen MR) is 53.0 cm³/mol. The summed E-state index contributed by atoms with van der Waals surface area (Å²) in [7, 11) is -1.96. The maximum absolute atomic E-state index is 11.2. The van der Waals surface area contributed by atoms with E-state index in [1.54, 1.807) is 6.07 Å². The second-order valence-corrected chi connectivity index (χ2v) is 5.94. The van der Waals surface area contributed by atoms with Gasteiger partial charge in [-0.25, -0.2) is 12.6 Å². The van der Waals surface area contributed by atoms with Crippen LogP contribution in [-0.2, 0) is 25.1 Å². The van der Waals surface area contributed by atoms with Crippen LogP contribution in [-0.4, -0.2) is 26.0 Å². The third kappa shape index (κ3) is 2.63.